The number of halogens is 1. The Bertz CT molecular complexity index is 1070. The van der Waals surface area contributed by atoms with E-state index < -0.39 is 15.9 Å². The Morgan fingerprint density at radius 2 is 2.04 bits per heavy atom. The minimum Gasteiger partial charge on any atom is -0.472 e. The zero-order chi connectivity index (χ0) is 20.3. The van der Waals surface area contributed by atoms with E-state index in [-0.39, 0.29) is 15.6 Å². The van der Waals surface area contributed by atoms with Crippen molar-refractivity contribution in [2.24, 2.45) is 0 Å². The number of rotatable bonds is 7. The summed E-state index contributed by atoms with van der Waals surface area (Å²) in [5.41, 5.74) is 1.32. The fourth-order valence-corrected chi connectivity index (χ4v) is 5.32. The Labute approximate surface area is 172 Å². The van der Waals surface area contributed by atoms with E-state index in [4.69, 9.17) is 16.0 Å². The van der Waals surface area contributed by atoms with Gasteiger partial charge in [-0.3, -0.25) is 4.79 Å². The summed E-state index contributed by atoms with van der Waals surface area (Å²) in [5, 5.41) is 5.05. The maximum atomic E-state index is 12.8. The smallest absolute Gasteiger partial charge is 0.275 e. The average molecular weight is 440 g/mol. The third-order valence-corrected chi connectivity index (χ3v) is 7.44. The van der Waals surface area contributed by atoms with Crippen LogP contribution in [0.2, 0.25) is 5.02 Å². The lowest BCUT2D eigenvalue weighted by molar-refractivity contribution is 0.102. The van der Waals surface area contributed by atoms with Gasteiger partial charge in [0, 0.05) is 29.7 Å². The fraction of sp³-hybridized carbons (Fsp3) is 0.222. The highest BCUT2D eigenvalue weighted by Gasteiger charge is 2.25. The number of hydrogen-bond acceptors (Lipinski definition) is 6. The van der Waals surface area contributed by atoms with Crippen LogP contribution in [-0.4, -0.2) is 36.7 Å². The molecule has 0 aliphatic carbocycles. The molecule has 0 saturated carbocycles. The number of carbonyl (C=O) groups is 1. The number of thiazole rings is 1. The largest absolute Gasteiger partial charge is 0.472 e. The summed E-state index contributed by atoms with van der Waals surface area (Å²) < 4.78 is 31.9. The molecule has 3 aromatic rings. The van der Waals surface area contributed by atoms with Crippen LogP contribution in [0.1, 0.15) is 24.3 Å². The van der Waals surface area contributed by atoms with Crippen molar-refractivity contribution in [3.05, 3.63) is 52.9 Å². The number of anilines is 1. The number of nitrogens with one attached hydrogen (secondary N) is 1. The molecule has 0 aliphatic heterocycles. The summed E-state index contributed by atoms with van der Waals surface area (Å²) >= 11 is 7.42. The van der Waals surface area contributed by atoms with Crippen LogP contribution in [0.15, 0.2) is 51.5 Å². The van der Waals surface area contributed by atoms with Crippen molar-refractivity contribution in [2.45, 2.75) is 18.7 Å². The highest BCUT2D eigenvalue weighted by Crippen LogP contribution is 2.29. The predicted molar refractivity (Wildman–Crippen MR) is 109 cm³/mol. The van der Waals surface area contributed by atoms with Crippen LogP contribution in [0.3, 0.4) is 0 Å². The van der Waals surface area contributed by atoms with Crippen molar-refractivity contribution >= 4 is 44.6 Å². The molecule has 1 aromatic carbocycles. The van der Waals surface area contributed by atoms with Gasteiger partial charge in [-0.05, 0) is 24.3 Å². The van der Waals surface area contributed by atoms with E-state index in [0.29, 0.717) is 23.8 Å². The zero-order valence-electron chi connectivity index (χ0n) is 15.2. The van der Waals surface area contributed by atoms with Gasteiger partial charge in [0.15, 0.2) is 0 Å². The van der Waals surface area contributed by atoms with Crippen molar-refractivity contribution in [1.29, 1.82) is 0 Å². The van der Waals surface area contributed by atoms with Crippen LogP contribution < -0.4 is 5.32 Å². The molecule has 2 heterocycles. The normalized spacial score (nSPS) is 11.7. The summed E-state index contributed by atoms with van der Waals surface area (Å²) in [4.78, 5) is 16.7. The first-order chi connectivity index (χ1) is 13.4. The van der Waals surface area contributed by atoms with Gasteiger partial charge in [0.25, 0.3) is 5.91 Å². The van der Waals surface area contributed by atoms with Gasteiger partial charge in [0.2, 0.25) is 10.0 Å². The molecule has 7 nitrogen and oxygen atoms in total. The molecule has 3 rings (SSSR count). The number of benzene rings is 1. The molecule has 10 heteroatoms. The lowest BCUT2D eigenvalue weighted by Crippen LogP contribution is -2.30. The first kappa shape index (κ1) is 20.5. The first-order valence-corrected chi connectivity index (χ1v) is 11.2. The Balaban J connectivity index is 1.84. The monoisotopic (exact) mass is 439 g/mol. The lowest BCUT2D eigenvalue weighted by Gasteiger charge is -2.19. The Morgan fingerprint density at radius 3 is 2.68 bits per heavy atom. The van der Waals surface area contributed by atoms with Gasteiger partial charge in [0.05, 0.1) is 11.3 Å². The molecule has 0 aliphatic rings. The van der Waals surface area contributed by atoms with Gasteiger partial charge in [-0.2, -0.15) is 4.31 Å². The van der Waals surface area contributed by atoms with E-state index in [0.717, 1.165) is 5.56 Å². The molecule has 1 amide bonds. The van der Waals surface area contributed by atoms with Gasteiger partial charge in [-0.15, -0.1) is 11.3 Å². The average Bonchev–Trinajstić information content (AvgIpc) is 3.35. The number of carbonyl (C=O) groups excluding carboxylic acids is 1. The Hall–Kier alpha value is -2.20. The molecule has 0 fully saturated rings. The van der Waals surface area contributed by atoms with Gasteiger partial charge in [-0.25, -0.2) is 13.4 Å². The third kappa shape index (κ3) is 4.12. The fourth-order valence-electron chi connectivity index (χ4n) is 2.57. The summed E-state index contributed by atoms with van der Waals surface area (Å²) in [7, 11) is -3.75. The van der Waals surface area contributed by atoms with E-state index in [1.165, 1.54) is 34.0 Å². The van der Waals surface area contributed by atoms with E-state index >= 15 is 0 Å². The molecule has 0 radical (unpaired) electrons. The van der Waals surface area contributed by atoms with Crippen LogP contribution in [0.4, 0.5) is 5.69 Å². The SMILES string of the molecule is CCN(CC)S(=O)(=O)c1cc(NC(=O)c2csc(-c3ccoc3)n2)ccc1Cl. The quantitative estimate of drug-likeness (QED) is 0.591. The van der Waals surface area contributed by atoms with Crippen LogP contribution in [0.25, 0.3) is 10.6 Å². The number of hydrogen-bond donors (Lipinski definition) is 1. The summed E-state index contributed by atoms with van der Waals surface area (Å²) in [6.07, 6.45) is 3.08. The Kier molecular flexibility index (Phi) is 6.19. The highest BCUT2D eigenvalue weighted by atomic mass is 35.5. The van der Waals surface area contributed by atoms with E-state index in [9.17, 15) is 13.2 Å². The second kappa shape index (κ2) is 8.44. The van der Waals surface area contributed by atoms with E-state index in [1.54, 1.807) is 37.6 Å². The second-order valence-electron chi connectivity index (χ2n) is 5.74. The van der Waals surface area contributed by atoms with Crippen molar-refractivity contribution in [3.63, 3.8) is 0 Å². The van der Waals surface area contributed by atoms with Crippen LogP contribution in [0, 0.1) is 0 Å². The number of furan rings is 1. The number of nitrogens with zero attached hydrogens (tertiary/aromatic N) is 2. The van der Waals surface area contributed by atoms with Crippen molar-refractivity contribution in [1.82, 2.24) is 9.29 Å². The van der Waals surface area contributed by atoms with Gasteiger partial charge < -0.3 is 9.73 Å². The zero-order valence-corrected chi connectivity index (χ0v) is 17.6. The summed E-state index contributed by atoms with van der Waals surface area (Å²) in [5.74, 6) is -0.445. The van der Waals surface area contributed by atoms with Gasteiger partial charge >= 0.3 is 0 Å². The van der Waals surface area contributed by atoms with Crippen LogP contribution in [-0.2, 0) is 10.0 Å². The molecule has 0 saturated heterocycles. The van der Waals surface area contributed by atoms with Gasteiger partial charge in [-0.1, -0.05) is 25.4 Å². The maximum absolute atomic E-state index is 12.8. The Morgan fingerprint density at radius 1 is 1.29 bits per heavy atom. The molecule has 0 spiro atoms. The minimum absolute atomic E-state index is 0.0481. The molecular weight excluding hydrogens is 422 g/mol. The lowest BCUT2D eigenvalue weighted by atomic mass is 10.3. The topological polar surface area (TPSA) is 92.5 Å². The molecule has 2 aromatic heterocycles. The predicted octanol–water partition coefficient (Wildman–Crippen LogP) is 4.34. The van der Waals surface area contributed by atoms with E-state index in [1.807, 2.05) is 0 Å². The molecule has 1 N–H and O–H groups in total. The van der Waals surface area contributed by atoms with Gasteiger partial charge in [0.1, 0.15) is 21.9 Å². The molecular formula is C18H18ClN3O4S2. The summed E-state index contributed by atoms with van der Waals surface area (Å²) in [6, 6.07) is 6.11. The number of amides is 1. The van der Waals surface area contributed by atoms with Crippen molar-refractivity contribution in [3.8, 4) is 10.6 Å². The second-order valence-corrected chi connectivity index (χ2v) is 8.91. The van der Waals surface area contributed by atoms with Crippen molar-refractivity contribution < 1.29 is 17.6 Å². The molecule has 0 bridgehead atoms. The number of aromatic nitrogens is 1. The molecule has 28 heavy (non-hydrogen) atoms. The van der Waals surface area contributed by atoms with Crippen LogP contribution >= 0.6 is 22.9 Å². The molecule has 0 unspecified atom stereocenters. The summed E-state index contributed by atoms with van der Waals surface area (Å²) in [6.45, 7) is 4.14. The highest BCUT2D eigenvalue weighted by molar-refractivity contribution is 7.89. The molecule has 148 valence electrons. The number of sulfonamides is 1. The third-order valence-electron chi connectivity index (χ3n) is 4.02. The molecule has 0 atom stereocenters. The van der Waals surface area contributed by atoms with Crippen LogP contribution in [0.5, 0.6) is 0 Å². The maximum Gasteiger partial charge on any atom is 0.275 e. The first-order valence-electron chi connectivity index (χ1n) is 8.46. The van der Waals surface area contributed by atoms with E-state index in [2.05, 4.69) is 10.3 Å². The van der Waals surface area contributed by atoms with Crippen molar-refractivity contribution in [2.75, 3.05) is 18.4 Å². The minimum atomic E-state index is -3.75. The standard InChI is InChI=1S/C18H18ClN3O4S2/c1-3-22(4-2)28(24,25)16-9-13(5-6-14(16)19)20-17(23)15-11-27-18(21-15)12-7-8-26-10-12/h5-11H,3-4H2,1-2H3,(H,20,23).